The number of ether oxygens (including phenoxy) is 1. The van der Waals surface area contributed by atoms with Crippen LogP contribution in [0.25, 0.3) is 0 Å². The van der Waals surface area contributed by atoms with Crippen molar-refractivity contribution in [2.75, 3.05) is 11.9 Å². The zero-order valence-electron chi connectivity index (χ0n) is 14.8. The summed E-state index contributed by atoms with van der Waals surface area (Å²) in [6, 6.07) is 7.97. The molecule has 0 fully saturated rings. The van der Waals surface area contributed by atoms with Gasteiger partial charge in [0, 0.05) is 19.2 Å². The highest BCUT2D eigenvalue weighted by Crippen LogP contribution is 2.16. The fraction of sp³-hybridized carbons (Fsp3) is 0.529. The number of carbonyl (C=O) groups is 2. The minimum atomic E-state index is -0.640. The van der Waals surface area contributed by atoms with Gasteiger partial charge in [0.1, 0.15) is 0 Å². The standard InChI is InChI=1S/C17H27N3O3/c1-12(2)23-16(22)19-20(14(4)21)17(5,6)11-18-15-9-7-13(3)8-10-15/h7-10,12,18H,11H2,1-6H3,(H,19,22). The van der Waals surface area contributed by atoms with Gasteiger partial charge in [-0.25, -0.2) is 15.2 Å². The zero-order valence-corrected chi connectivity index (χ0v) is 14.8. The first kappa shape index (κ1) is 18.8. The average Bonchev–Trinajstić information content (AvgIpc) is 2.43. The Balaban J connectivity index is 2.73. The molecular weight excluding hydrogens is 294 g/mol. The molecule has 0 spiro atoms. The summed E-state index contributed by atoms with van der Waals surface area (Å²) < 4.78 is 5.04. The highest BCUT2D eigenvalue weighted by molar-refractivity contribution is 5.78. The monoisotopic (exact) mass is 321 g/mol. The second kappa shape index (κ2) is 7.85. The van der Waals surface area contributed by atoms with E-state index >= 15 is 0 Å². The fourth-order valence-electron chi connectivity index (χ4n) is 2.06. The molecule has 1 aromatic rings. The van der Waals surface area contributed by atoms with Crippen molar-refractivity contribution in [1.82, 2.24) is 10.4 Å². The minimum Gasteiger partial charge on any atom is -0.446 e. The van der Waals surface area contributed by atoms with E-state index in [4.69, 9.17) is 4.74 Å². The first-order valence-electron chi connectivity index (χ1n) is 7.70. The maximum absolute atomic E-state index is 11.9. The zero-order chi connectivity index (χ0) is 17.6. The third-order valence-electron chi connectivity index (χ3n) is 3.24. The number of hydrazine groups is 1. The van der Waals surface area contributed by atoms with Crippen molar-refractivity contribution in [3.05, 3.63) is 29.8 Å². The van der Waals surface area contributed by atoms with Gasteiger partial charge in [-0.15, -0.1) is 0 Å². The van der Waals surface area contributed by atoms with Crippen molar-refractivity contribution in [3.8, 4) is 0 Å². The Morgan fingerprint density at radius 1 is 1.22 bits per heavy atom. The first-order valence-corrected chi connectivity index (χ1v) is 7.70. The topological polar surface area (TPSA) is 70.7 Å². The van der Waals surface area contributed by atoms with Crippen LogP contribution in [0.1, 0.15) is 40.2 Å². The van der Waals surface area contributed by atoms with Gasteiger partial charge in [0.25, 0.3) is 0 Å². The van der Waals surface area contributed by atoms with Gasteiger partial charge in [-0.05, 0) is 46.8 Å². The van der Waals surface area contributed by atoms with Crippen LogP contribution in [0.4, 0.5) is 10.5 Å². The third kappa shape index (κ3) is 6.18. The van der Waals surface area contributed by atoms with Gasteiger partial charge >= 0.3 is 6.09 Å². The molecule has 0 heterocycles. The molecule has 6 nitrogen and oxygen atoms in total. The second-order valence-electron chi connectivity index (χ2n) is 6.45. The van der Waals surface area contributed by atoms with Crippen molar-refractivity contribution in [2.24, 2.45) is 0 Å². The molecule has 0 atom stereocenters. The smallest absolute Gasteiger partial charge is 0.426 e. The van der Waals surface area contributed by atoms with Crippen LogP contribution in [-0.4, -0.2) is 35.2 Å². The Morgan fingerprint density at radius 2 is 1.78 bits per heavy atom. The van der Waals surface area contributed by atoms with E-state index < -0.39 is 11.6 Å². The number of amides is 2. The highest BCUT2D eigenvalue weighted by atomic mass is 16.6. The van der Waals surface area contributed by atoms with Crippen molar-refractivity contribution < 1.29 is 14.3 Å². The summed E-state index contributed by atoms with van der Waals surface area (Å²) in [6.07, 6.45) is -0.892. The van der Waals surface area contributed by atoms with E-state index in [1.54, 1.807) is 13.8 Å². The van der Waals surface area contributed by atoms with Crippen LogP contribution in [0.5, 0.6) is 0 Å². The Labute approximate surface area is 138 Å². The molecule has 6 heteroatoms. The normalized spacial score (nSPS) is 11.1. The summed E-state index contributed by atoms with van der Waals surface area (Å²) in [5.74, 6) is -0.263. The summed E-state index contributed by atoms with van der Waals surface area (Å²) in [5, 5.41) is 4.57. The van der Waals surface area contributed by atoms with Gasteiger partial charge in [0.2, 0.25) is 5.91 Å². The maximum Gasteiger partial charge on any atom is 0.426 e. The van der Waals surface area contributed by atoms with E-state index in [-0.39, 0.29) is 12.0 Å². The lowest BCUT2D eigenvalue weighted by Gasteiger charge is -2.37. The quantitative estimate of drug-likeness (QED) is 0.818. The largest absolute Gasteiger partial charge is 0.446 e. The first-order chi connectivity index (χ1) is 10.6. The molecule has 1 aromatic carbocycles. The van der Waals surface area contributed by atoms with E-state index in [2.05, 4.69) is 10.7 Å². The molecule has 2 N–H and O–H groups in total. The molecule has 0 saturated carbocycles. The van der Waals surface area contributed by atoms with Crippen LogP contribution in [0.3, 0.4) is 0 Å². The molecular formula is C17H27N3O3. The highest BCUT2D eigenvalue weighted by Gasteiger charge is 2.31. The van der Waals surface area contributed by atoms with Gasteiger partial charge in [-0.1, -0.05) is 17.7 Å². The fourth-order valence-corrected chi connectivity index (χ4v) is 2.06. The summed E-state index contributed by atoms with van der Waals surface area (Å²) in [7, 11) is 0. The Morgan fingerprint density at radius 3 is 2.26 bits per heavy atom. The van der Waals surface area contributed by atoms with E-state index in [9.17, 15) is 9.59 Å². The van der Waals surface area contributed by atoms with Crippen LogP contribution in [0.2, 0.25) is 0 Å². The Bertz CT molecular complexity index is 539. The van der Waals surface area contributed by atoms with Crippen molar-refractivity contribution in [1.29, 1.82) is 0 Å². The van der Waals surface area contributed by atoms with Crippen molar-refractivity contribution in [2.45, 2.75) is 53.2 Å². The number of nitrogens with zero attached hydrogens (tertiary/aromatic N) is 1. The van der Waals surface area contributed by atoms with Gasteiger partial charge < -0.3 is 10.1 Å². The van der Waals surface area contributed by atoms with Gasteiger partial charge in [0.05, 0.1) is 11.6 Å². The number of carbonyl (C=O) groups excluding carboxylic acids is 2. The minimum absolute atomic E-state index is 0.252. The van der Waals surface area contributed by atoms with E-state index in [1.165, 1.54) is 17.5 Å². The average molecular weight is 321 g/mol. The summed E-state index contributed by atoms with van der Waals surface area (Å²) in [4.78, 5) is 23.7. The molecule has 0 radical (unpaired) electrons. The number of rotatable bonds is 5. The van der Waals surface area contributed by atoms with Crippen LogP contribution < -0.4 is 10.7 Å². The van der Waals surface area contributed by atoms with E-state index in [1.807, 2.05) is 45.0 Å². The molecule has 0 aromatic heterocycles. The number of nitrogens with one attached hydrogen (secondary N) is 2. The predicted octanol–water partition coefficient (Wildman–Crippen LogP) is 3.08. The number of hydrogen-bond donors (Lipinski definition) is 2. The Hall–Kier alpha value is -2.24. The lowest BCUT2D eigenvalue weighted by Crippen LogP contribution is -2.59. The molecule has 0 aliphatic carbocycles. The van der Waals surface area contributed by atoms with Crippen molar-refractivity contribution >= 4 is 17.7 Å². The van der Waals surface area contributed by atoms with E-state index in [0.29, 0.717) is 6.54 Å². The van der Waals surface area contributed by atoms with Gasteiger partial charge in [0.15, 0.2) is 0 Å². The summed E-state index contributed by atoms with van der Waals surface area (Å²) in [5.41, 5.74) is 4.02. The molecule has 128 valence electrons. The summed E-state index contributed by atoms with van der Waals surface area (Å²) in [6.45, 7) is 11.1. The molecule has 0 aliphatic rings. The molecule has 2 amide bonds. The number of benzene rings is 1. The third-order valence-corrected chi connectivity index (χ3v) is 3.24. The van der Waals surface area contributed by atoms with Crippen LogP contribution in [0.15, 0.2) is 24.3 Å². The Kier molecular flexibility index (Phi) is 6.42. The SMILES string of the molecule is CC(=O)N(NC(=O)OC(C)C)C(C)(C)CNc1ccc(C)cc1. The molecule has 0 bridgehead atoms. The number of hydrogen-bond acceptors (Lipinski definition) is 4. The van der Waals surface area contributed by atoms with E-state index in [0.717, 1.165) is 5.69 Å². The van der Waals surface area contributed by atoms with Crippen LogP contribution >= 0.6 is 0 Å². The molecule has 0 aliphatic heterocycles. The van der Waals surface area contributed by atoms with Crippen molar-refractivity contribution in [3.63, 3.8) is 0 Å². The molecule has 1 rings (SSSR count). The predicted molar refractivity (Wildman–Crippen MR) is 91.0 cm³/mol. The van der Waals surface area contributed by atoms with Gasteiger partial charge in [-0.3, -0.25) is 4.79 Å². The second-order valence-corrected chi connectivity index (χ2v) is 6.45. The van der Waals surface area contributed by atoms with Gasteiger partial charge in [-0.2, -0.15) is 0 Å². The van der Waals surface area contributed by atoms with Crippen LogP contribution in [0, 0.1) is 6.92 Å². The molecule has 0 unspecified atom stereocenters. The molecule has 23 heavy (non-hydrogen) atoms. The summed E-state index contributed by atoms with van der Waals surface area (Å²) >= 11 is 0. The lowest BCUT2D eigenvalue weighted by molar-refractivity contribution is -0.137. The maximum atomic E-state index is 11.9. The number of anilines is 1. The van der Waals surface area contributed by atoms with Crippen LogP contribution in [-0.2, 0) is 9.53 Å². The lowest BCUT2D eigenvalue weighted by atomic mass is 10.0. The number of aryl methyl sites for hydroxylation is 1. The molecule has 0 saturated heterocycles.